The number of hydrogen-bond acceptors (Lipinski definition) is 4. The number of nitrogens with zero attached hydrogens (tertiary/aromatic N) is 2. The van der Waals surface area contributed by atoms with Crippen LogP contribution in [0, 0.1) is 5.92 Å². The van der Waals surface area contributed by atoms with Gasteiger partial charge in [0.05, 0.1) is 11.8 Å². The highest BCUT2D eigenvalue weighted by molar-refractivity contribution is 5.94. The van der Waals surface area contributed by atoms with Crippen molar-refractivity contribution in [2.45, 2.75) is 71.0 Å². The summed E-state index contributed by atoms with van der Waals surface area (Å²) in [7, 11) is 0. The first kappa shape index (κ1) is 19.4. The Bertz CT molecular complexity index is 564. The standard InChI is InChI=1S/C18H31N5O2/c1-13(2)8-16(9-19)22-18(25)14-10-20-23(11-14)12-17(24)21-15-6-4-3-5-7-15/h10-11,13,15-16H,3-9,12,19H2,1-2H3,(H,21,24)(H,22,25). The summed E-state index contributed by atoms with van der Waals surface area (Å²) in [5.74, 6) is 0.205. The van der Waals surface area contributed by atoms with Crippen molar-refractivity contribution in [2.24, 2.45) is 11.7 Å². The van der Waals surface area contributed by atoms with Crippen LogP contribution in [-0.2, 0) is 11.3 Å². The van der Waals surface area contributed by atoms with Crippen molar-refractivity contribution in [3.8, 4) is 0 Å². The van der Waals surface area contributed by atoms with Crippen LogP contribution in [0.25, 0.3) is 0 Å². The maximum absolute atomic E-state index is 12.3. The molecule has 0 bridgehead atoms. The van der Waals surface area contributed by atoms with E-state index in [1.54, 1.807) is 6.20 Å². The maximum Gasteiger partial charge on any atom is 0.254 e. The highest BCUT2D eigenvalue weighted by Crippen LogP contribution is 2.17. The van der Waals surface area contributed by atoms with E-state index >= 15 is 0 Å². The lowest BCUT2D eigenvalue weighted by atomic mass is 9.95. The average molecular weight is 349 g/mol. The van der Waals surface area contributed by atoms with E-state index in [9.17, 15) is 9.59 Å². The van der Waals surface area contributed by atoms with Crippen LogP contribution in [-0.4, -0.2) is 40.2 Å². The molecule has 2 amide bonds. The van der Waals surface area contributed by atoms with Gasteiger partial charge in [-0.05, 0) is 25.2 Å². The lowest BCUT2D eigenvalue weighted by Gasteiger charge is -2.22. The molecule has 0 saturated heterocycles. The molecule has 7 heteroatoms. The zero-order valence-corrected chi connectivity index (χ0v) is 15.3. The highest BCUT2D eigenvalue weighted by atomic mass is 16.2. The third-order valence-electron chi connectivity index (χ3n) is 4.55. The fourth-order valence-electron chi connectivity index (χ4n) is 3.29. The summed E-state index contributed by atoms with van der Waals surface area (Å²) in [6.45, 7) is 4.73. The van der Waals surface area contributed by atoms with Gasteiger partial charge in [0.1, 0.15) is 6.54 Å². The Morgan fingerprint density at radius 3 is 2.68 bits per heavy atom. The molecule has 2 rings (SSSR count). The normalized spacial score (nSPS) is 16.6. The van der Waals surface area contributed by atoms with Crippen LogP contribution in [0.1, 0.15) is 62.7 Å². The van der Waals surface area contributed by atoms with Crippen molar-refractivity contribution in [1.29, 1.82) is 0 Å². The predicted octanol–water partition coefficient (Wildman–Crippen LogP) is 1.44. The van der Waals surface area contributed by atoms with Crippen molar-refractivity contribution >= 4 is 11.8 Å². The van der Waals surface area contributed by atoms with E-state index in [-0.39, 0.29) is 30.4 Å². The molecule has 1 fully saturated rings. The first-order valence-corrected chi connectivity index (χ1v) is 9.30. The molecule has 1 aliphatic carbocycles. The van der Waals surface area contributed by atoms with Crippen LogP contribution in [0.3, 0.4) is 0 Å². The smallest absolute Gasteiger partial charge is 0.254 e. The number of carbonyl (C=O) groups is 2. The van der Waals surface area contributed by atoms with E-state index in [2.05, 4.69) is 29.6 Å². The molecule has 1 aromatic rings. The molecule has 0 spiro atoms. The minimum absolute atomic E-state index is 0.0505. The molecule has 0 radical (unpaired) electrons. The second kappa shape index (κ2) is 9.56. The van der Waals surface area contributed by atoms with E-state index in [4.69, 9.17) is 5.73 Å². The number of nitrogens with one attached hydrogen (secondary N) is 2. The molecule has 0 aliphatic heterocycles. The SMILES string of the molecule is CC(C)CC(CN)NC(=O)c1cnn(CC(=O)NC2CCCCC2)c1. The average Bonchev–Trinajstić information content (AvgIpc) is 3.03. The van der Waals surface area contributed by atoms with Crippen LogP contribution in [0.4, 0.5) is 0 Å². The number of amides is 2. The third-order valence-corrected chi connectivity index (χ3v) is 4.55. The van der Waals surface area contributed by atoms with E-state index in [0.29, 0.717) is 18.0 Å². The Balaban J connectivity index is 1.83. The summed E-state index contributed by atoms with van der Waals surface area (Å²) in [4.78, 5) is 24.4. The van der Waals surface area contributed by atoms with E-state index < -0.39 is 0 Å². The van der Waals surface area contributed by atoms with Gasteiger partial charge < -0.3 is 16.4 Å². The van der Waals surface area contributed by atoms with Crippen molar-refractivity contribution in [3.63, 3.8) is 0 Å². The summed E-state index contributed by atoms with van der Waals surface area (Å²) in [5.41, 5.74) is 6.17. The van der Waals surface area contributed by atoms with Crippen molar-refractivity contribution < 1.29 is 9.59 Å². The van der Waals surface area contributed by atoms with Gasteiger partial charge in [0.25, 0.3) is 5.91 Å². The highest BCUT2D eigenvalue weighted by Gasteiger charge is 2.18. The molecule has 1 atom stereocenters. The van der Waals surface area contributed by atoms with Gasteiger partial charge in [-0.1, -0.05) is 33.1 Å². The van der Waals surface area contributed by atoms with Gasteiger partial charge in [-0.25, -0.2) is 0 Å². The number of aromatic nitrogens is 2. The van der Waals surface area contributed by atoms with Crippen LogP contribution in [0.5, 0.6) is 0 Å². The third kappa shape index (κ3) is 6.49. The summed E-state index contributed by atoms with van der Waals surface area (Å²) < 4.78 is 1.51. The largest absolute Gasteiger partial charge is 0.352 e. The predicted molar refractivity (Wildman–Crippen MR) is 97.0 cm³/mol. The summed E-state index contributed by atoms with van der Waals surface area (Å²) in [6, 6.07) is 0.228. The first-order chi connectivity index (χ1) is 12.0. The van der Waals surface area contributed by atoms with Gasteiger partial charge >= 0.3 is 0 Å². The molecule has 0 aromatic carbocycles. The fraction of sp³-hybridized carbons (Fsp3) is 0.722. The van der Waals surface area contributed by atoms with Crippen LogP contribution in [0.15, 0.2) is 12.4 Å². The second-order valence-electron chi connectivity index (χ2n) is 7.36. The molecule has 1 heterocycles. The Hall–Kier alpha value is -1.89. The van der Waals surface area contributed by atoms with E-state index in [1.807, 2.05) is 0 Å². The van der Waals surface area contributed by atoms with Crippen molar-refractivity contribution in [2.75, 3.05) is 6.54 Å². The van der Waals surface area contributed by atoms with Gasteiger partial charge in [-0.3, -0.25) is 14.3 Å². The Kier molecular flexibility index (Phi) is 7.43. The Morgan fingerprint density at radius 2 is 2.04 bits per heavy atom. The van der Waals surface area contributed by atoms with Gasteiger partial charge in [0.15, 0.2) is 0 Å². The van der Waals surface area contributed by atoms with E-state index in [0.717, 1.165) is 19.3 Å². The van der Waals surface area contributed by atoms with Gasteiger partial charge in [-0.15, -0.1) is 0 Å². The molecular formula is C18H31N5O2. The molecule has 1 saturated carbocycles. The lowest BCUT2D eigenvalue weighted by molar-refractivity contribution is -0.122. The lowest BCUT2D eigenvalue weighted by Crippen LogP contribution is -2.41. The van der Waals surface area contributed by atoms with Crippen molar-refractivity contribution in [1.82, 2.24) is 20.4 Å². The van der Waals surface area contributed by atoms with Gasteiger partial charge in [0.2, 0.25) is 5.91 Å². The quantitative estimate of drug-likeness (QED) is 0.661. The van der Waals surface area contributed by atoms with Crippen molar-refractivity contribution in [3.05, 3.63) is 18.0 Å². The number of hydrogen-bond donors (Lipinski definition) is 3. The van der Waals surface area contributed by atoms with E-state index in [1.165, 1.54) is 30.1 Å². The number of nitrogens with two attached hydrogens (primary N) is 1. The zero-order valence-electron chi connectivity index (χ0n) is 15.3. The van der Waals surface area contributed by atoms with Crippen LogP contribution in [0.2, 0.25) is 0 Å². The molecule has 140 valence electrons. The molecule has 25 heavy (non-hydrogen) atoms. The zero-order chi connectivity index (χ0) is 18.2. The molecule has 1 aliphatic rings. The minimum atomic E-state index is -0.199. The molecule has 4 N–H and O–H groups in total. The fourth-order valence-corrected chi connectivity index (χ4v) is 3.29. The molecule has 1 aromatic heterocycles. The van der Waals surface area contributed by atoms with Gasteiger partial charge in [-0.2, -0.15) is 5.10 Å². The summed E-state index contributed by atoms with van der Waals surface area (Å²) in [6.07, 6.45) is 9.64. The van der Waals surface area contributed by atoms with Crippen LogP contribution >= 0.6 is 0 Å². The molecule has 1 unspecified atom stereocenters. The minimum Gasteiger partial charge on any atom is -0.352 e. The summed E-state index contributed by atoms with van der Waals surface area (Å²) >= 11 is 0. The topological polar surface area (TPSA) is 102 Å². The second-order valence-corrected chi connectivity index (χ2v) is 7.36. The summed E-state index contributed by atoms with van der Waals surface area (Å²) in [5, 5.41) is 10.1. The monoisotopic (exact) mass is 349 g/mol. The van der Waals surface area contributed by atoms with Gasteiger partial charge in [0, 0.05) is 24.8 Å². The first-order valence-electron chi connectivity index (χ1n) is 9.30. The number of carbonyl (C=O) groups excluding carboxylic acids is 2. The van der Waals surface area contributed by atoms with Crippen LogP contribution < -0.4 is 16.4 Å². The number of rotatable bonds is 8. The Morgan fingerprint density at radius 1 is 1.32 bits per heavy atom. The Labute approximate surface area is 149 Å². The molecular weight excluding hydrogens is 318 g/mol. The molecule has 7 nitrogen and oxygen atoms in total. The maximum atomic E-state index is 12.3.